The van der Waals surface area contributed by atoms with E-state index >= 15 is 0 Å². The molecule has 0 aromatic rings. The highest BCUT2D eigenvalue weighted by molar-refractivity contribution is 6.03. The summed E-state index contributed by atoms with van der Waals surface area (Å²) >= 11 is 0. The maximum absolute atomic E-state index is 12.1. The number of carbonyl (C=O) groups is 2. The van der Waals surface area contributed by atoms with Gasteiger partial charge in [-0.15, -0.1) is 0 Å². The first-order chi connectivity index (χ1) is 8.88. The molecule has 0 radical (unpaired) electrons. The van der Waals surface area contributed by atoms with Crippen molar-refractivity contribution in [3.8, 4) is 0 Å². The molecule has 2 N–H and O–H groups in total. The third-order valence-electron chi connectivity index (χ3n) is 4.71. The van der Waals surface area contributed by atoms with Crippen LogP contribution in [-0.2, 0) is 14.3 Å². The molecule has 1 amide bonds. The molecule has 0 atom stereocenters. The van der Waals surface area contributed by atoms with Crippen LogP contribution in [0.25, 0.3) is 0 Å². The van der Waals surface area contributed by atoms with Gasteiger partial charge in [-0.2, -0.15) is 0 Å². The zero-order valence-electron chi connectivity index (χ0n) is 11.7. The molecular formula is C14H23NO4. The zero-order chi connectivity index (χ0) is 14.1. The smallest absolute Gasteiger partial charge is 0.324 e. The van der Waals surface area contributed by atoms with Gasteiger partial charge < -0.3 is 15.2 Å². The van der Waals surface area contributed by atoms with Crippen LogP contribution in [-0.4, -0.2) is 36.7 Å². The Balaban J connectivity index is 1.91. The Labute approximate surface area is 113 Å². The molecule has 1 aliphatic heterocycles. The molecule has 2 rings (SSSR count). The average molecular weight is 269 g/mol. The van der Waals surface area contributed by atoms with Crippen LogP contribution in [0.5, 0.6) is 0 Å². The maximum Gasteiger partial charge on any atom is 0.324 e. The first-order valence-electron chi connectivity index (χ1n) is 6.98. The molecule has 108 valence electrons. The standard InChI is InChI=1S/C14H23NO4/c1-13(2,10-5-3-4-6-10)7-15-11(16)14(12(17)18)8-19-9-14/h10H,3-9H2,1-2H3,(H,15,16)(H,17,18). The third kappa shape index (κ3) is 2.61. The first kappa shape index (κ1) is 14.3. The number of hydrogen-bond donors (Lipinski definition) is 2. The number of carboxylic acids is 1. The van der Waals surface area contributed by atoms with Gasteiger partial charge in [-0.1, -0.05) is 26.7 Å². The number of nitrogens with one attached hydrogen (secondary N) is 1. The number of rotatable bonds is 5. The number of amides is 1. The lowest BCUT2D eigenvalue weighted by Crippen LogP contribution is -2.60. The van der Waals surface area contributed by atoms with Gasteiger partial charge in [-0.05, 0) is 24.2 Å². The summed E-state index contributed by atoms with van der Waals surface area (Å²) in [5, 5.41) is 12.0. The van der Waals surface area contributed by atoms with E-state index in [1.54, 1.807) is 0 Å². The monoisotopic (exact) mass is 269 g/mol. The van der Waals surface area contributed by atoms with Crippen LogP contribution >= 0.6 is 0 Å². The van der Waals surface area contributed by atoms with Gasteiger partial charge in [0.25, 0.3) is 0 Å². The predicted octanol–water partition coefficient (Wildman–Crippen LogP) is 1.42. The van der Waals surface area contributed by atoms with Crippen LogP contribution in [0.1, 0.15) is 39.5 Å². The normalized spacial score (nSPS) is 22.8. The zero-order valence-corrected chi connectivity index (χ0v) is 11.7. The van der Waals surface area contributed by atoms with E-state index in [4.69, 9.17) is 9.84 Å². The van der Waals surface area contributed by atoms with Crippen molar-refractivity contribution in [2.24, 2.45) is 16.7 Å². The number of hydrogen-bond acceptors (Lipinski definition) is 3. The maximum atomic E-state index is 12.1. The summed E-state index contributed by atoms with van der Waals surface area (Å²) in [6.45, 7) is 4.80. The van der Waals surface area contributed by atoms with Gasteiger partial charge in [0.15, 0.2) is 5.41 Å². The molecule has 2 fully saturated rings. The molecule has 0 aromatic heterocycles. The van der Waals surface area contributed by atoms with Gasteiger partial charge in [0.2, 0.25) is 5.91 Å². The SMILES string of the molecule is CC(C)(CNC(=O)C1(C(=O)O)COC1)C1CCCC1. The Morgan fingerprint density at radius 2 is 1.89 bits per heavy atom. The summed E-state index contributed by atoms with van der Waals surface area (Å²) in [5.41, 5.74) is -1.33. The number of carboxylic acid groups (broad SMARTS) is 1. The summed E-state index contributed by atoms with van der Waals surface area (Å²) in [6.07, 6.45) is 4.93. The van der Waals surface area contributed by atoms with Crippen molar-refractivity contribution in [3.05, 3.63) is 0 Å². The van der Waals surface area contributed by atoms with E-state index in [2.05, 4.69) is 19.2 Å². The third-order valence-corrected chi connectivity index (χ3v) is 4.71. The molecule has 1 heterocycles. The molecule has 1 saturated carbocycles. The van der Waals surface area contributed by atoms with Gasteiger partial charge in [0.05, 0.1) is 13.2 Å². The van der Waals surface area contributed by atoms with Crippen molar-refractivity contribution < 1.29 is 19.4 Å². The molecule has 1 aliphatic carbocycles. The second kappa shape index (κ2) is 5.12. The molecular weight excluding hydrogens is 246 g/mol. The quantitative estimate of drug-likeness (QED) is 0.740. The van der Waals surface area contributed by atoms with E-state index in [1.807, 2.05) is 0 Å². The fraction of sp³-hybridized carbons (Fsp3) is 0.857. The average Bonchev–Trinajstić information content (AvgIpc) is 2.78. The number of aliphatic carboxylic acids is 1. The Hall–Kier alpha value is -1.10. The minimum Gasteiger partial charge on any atom is -0.480 e. The van der Waals surface area contributed by atoms with E-state index in [9.17, 15) is 9.59 Å². The Kier molecular flexibility index (Phi) is 3.85. The molecule has 0 aromatic carbocycles. The summed E-state index contributed by atoms with van der Waals surface area (Å²) < 4.78 is 4.91. The number of ether oxygens (including phenoxy) is 1. The lowest BCUT2D eigenvalue weighted by atomic mass is 9.77. The summed E-state index contributed by atoms with van der Waals surface area (Å²) in [7, 11) is 0. The highest BCUT2D eigenvalue weighted by atomic mass is 16.5. The van der Waals surface area contributed by atoms with Gasteiger partial charge in [0.1, 0.15) is 0 Å². The Morgan fingerprint density at radius 3 is 2.32 bits per heavy atom. The van der Waals surface area contributed by atoms with Gasteiger partial charge in [0, 0.05) is 6.54 Å². The van der Waals surface area contributed by atoms with Crippen LogP contribution in [0, 0.1) is 16.7 Å². The van der Waals surface area contributed by atoms with Crippen molar-refractivity contribution in [1.82, 2.24) is 5.32 Å². The van der Waals surface area contributed by atoms with Crippen molar-refractivity contribution >= 4 is 11.9 Å². The van der Waals surface area contributed by atoms with E-state index in [1.165, 1.54) is 25.7 Å². The molecule has 1 saturated heterocycles. The fourth-order valence-electron chi connectivity index (χ4n) is 2.99. The lowest BCUT2D eigenvalue weighted by Gasteiger charge is -2.38. The Bertz CT molecular complexity index is 368. The largest absolute Gasteiger partial charge is 0.480 e. The van der Waals surface area contributed by atoms with Crippen molar-refractivity contribution in [3.63, 3.8) is 0 Å². The molecule has 0 unspecified atom stereocenters. The molecule has 5 heteroatoms. The molecule has 0 spiro atoms. The highest BCUT2D eigenvalue weighted by Crippen LogP contribution is 2.39. The summed E-state index contributed by atoms with van der Waals surface area (Å²) in [5.74, 6) is -0.876. The van der Waals surface area contributed by atoms with Crippen LogP contribution in [0.4, 0.5) is 0 Å². The minimum atomic E-state index is -1.36. The van der Waals surface area contributed by atoms with E-state index in [-0.39, 0.29) is 18.6 Å². The van der Waals surface area contributed by atoms with Crippen molar-refractivity contribution in [2.45, 2.75) is 39.5 Å². The second-order valence-electron chi connectivity index (χ2n) is 6.53. The molecule has 19 heavy (non-hydrogen) atoms. The van der Waals surface area contributed by atoms with Gasteiger partial charge in [-0.25, -0.2) is 0 Å². The van der Waals surface area contributed by atoms with Crippen LogP contribution in [0.15, 0.2) is 0 Å². The molecule has 5 nitrogen and oxygen atoms in total. The number of carbonyl (C=O) groups excluding carboxylic acids is 1. The summed E-state index contributed by atoms with van der Waals surface area (Å²) in [4.78, 5) is 23.3. The Morgan fingerprint density at radius 1 is 1.32 bits per heavy atom. The highest BCUT2D eigenvalue weighted by Gasteiger charge is 2.53. The van der Waals surface area contributed by atoms with Gasteiger partial charge in [-0.3, -0.25) is 9.59 Å². The van der Waals surface area contributed by atoms with E-state index < -0.39 is 17.3 Å². The second-order valence-corrected chi connectivity index (χ2v) is 6.53. The predicted molar refractivity (Wildman–Crippen MR) is 69.6 cm³/mol. The van der Waals surface area contributed by atoms with Crippen molar-refractivity contribution in [1.29, 1.82) is 0 Å². The van der Waals surface area contributed by atoms with Crippen LogP contribution < -0.4 is 5.32 Å². The van der Waals surface area contributed by atoms with E-state index in [0.29, 0.717) is 12.5 Å². The first-order valence-corrected chi connectivity index (χ1v) is 6.98. The van der Waals surface area contributed by atoms with Crippen LogP contribution in [0.3, 0.4) is 0 Å². The van der Waals surface area contributed by atoms with Gasteiger partial charge >= 0.3 is 5.97 Å². The fourth-order valence-corrected chi connectivity index (χ4v) is 2.99. The molecule has 0 bridgehead atoms. The lowest BCUT2D eigenvalue weighted by molar-refractivity contribution is -0.185. The van der Waals surface area contributed by atoms with Crippen molar-refractivity contribution in [2.75, 3.05) is 19.8 Å². The summed E-state index contributed by atoms with van der Waals surface area (Å²) in [6, 6.07) is 0. The molecule has 2 aliphatic rings. The van der Waals surface area contributed by atoms with E-state index in [0.717, 1.165) is 0 Å². The van der Waals surface area contributed by atoms with Crippen LogP contribution in [0.2, 0.25) is 0 Å². The minimum absolute atomic E-state index is 0.0158. The topological polar surface area (TPSA) is 75.6 Å².